The number of aromatic nitrogens is 2. The fourth-order valence-electron chi connectivity index (χ4n) is 1.47. The van der Waals surface area contributed by atoms with Crippen LogP contribution in [-0.4, -0.2) is 28.0 Å². The molecule has 1 aromatic rings. The first kappa shape index (κ1) is 14.1. The zero-order valence-corrected chi connectivity index (χ0v) is 11.0. The molecule has 2 atom stereocenters. The lowest BCUT2D eigenvalue weighted by Gasteiger charge is -2.11. The Hall–Kier alpha value is -0.940. The molecule has 0 aliphatic carbocycles. The number of hydrogen-bond donors (Lipinski definition) is 1. The van der Waals surface area contributed by atoms with Gasteiger partial charge < -0.3 is 14.4 Å². The van der Waals surface area contributed by atoms with Crippen LogP contribution in [0, 0.1) is 5.92 Å². The van der Waals surface area contributed by atoms with Crippen molar-refractivity contribution in [1.29, 1.82) is 0 Å². The molecule has 0 saturated carbocycles. The first-order valence-corrected chi connectivity index (χ1v) is 6.20. The molecule has 1 rings (SSSR count). The fraction of sp³-hybridized carbons (Fsp3) is 0.833. The lowest BCUT2D eigenvalue weighted by Crippen LogP contribution is -2.17. The summed E-state index contributed by atoms with van der Waals surface area (Å²) in [5.41, 5.74) is 0. The number of nitrogens with zero attached hydrogens (tertiary/aromatic N) is 2. The molecule has 0 bridgehead atoms. The summed E-state index contributed by atoms with van der Waals surface area (Å²) in [6.07, 6.45) is 0.636. The van der Waals surface area contributed by atoms with E-state index in [2.05, 4.69) is 10.1 Å². The van der Waals surface area contributed by atoms with Gasteiger partial charge in [0.1, 0.15) is 6.10 Å². The van der Waals surface area contributed by atoms with Crippen LogP contribution in [0.3, 0.4) is 0 Å². The minimum absolute atomic E-state index is 0.117. The molecule has 0 radical (unpaired) electrons. The highest BCUT2D eigenvalue weighted by Crippen LogP contribution is 2.18. The molecule has 0 spiro atoms. The number of ether oxygens (including phenoxy) is 1. The molecular formula is C12H22N2O3. The molecule has 17 heavy (non-hydrogen) atoms. The van der Waals surface area contributed by atoms with E-state index < -0.39 is 6.10 Å². The van der Waals surface area contributed by atoms with Gasteiger partial charge in [0.2, 0.25) is 11.7 Å². The predicted octanol–water partition coefficient (Wildman–Crippen LogP) is 2.12. The van der Waals surface area contributed by atoms with Gasteiger partial charge in [-0.1, -0.05) is 25.9 Å². The average Bonchev–Trinajstić information content (AvgIpc) is 2.74. The van der Waals surface area contributed by atoms with E-state index in [1.807, 2.05) is 27.7 Å². The zero-order chi connectivity index (χ0) is 12.8. The maximum atomic E-state index is 9.73. The fourth-order valence-corrected chi connectivity index (χ4v) is 1.47. The van der Waals surface area contributed by atoms with Crippen molar-refractivity contribution in [2.75, 3.05) is 6.61 Å². The van der Waals surface area contributed by atoms with E-state index >= 15 is 0 Å². The van der Waals surface area contributed by atoms with Gasteiger partial charge in [0.25, 0.3) is 0 Å². The summed E-state index contributed by atoms with van der Waals surface area (Å²) in [5.74, 6) is 1.22. The SMILES string of the molecule is CCOC(CC)c1noc(CC(O)C(C)C)n1. The van der Waals surface area contributed by atoms with Gasteiger partial charge in [-0.25, -0.2) is 0 Å². The molecule has 0 aliphatic heterocycles. The first-order valence-electron chi connectivity index (χ1n) is 6.20. The number of aliphatic hydroxyl groups excluding tert-OH is 1. The van der Waals surface area contributed by atoms with Crippen LogP contribution in [0.4, 0.5) is 0 Å². The van der Waals surface area contributed by atoms with Crippen molar-refractivity contribution in [3.05, 3.63) is 11.7 Å². The van der Waals surface area contributed by atoms with Gasteiger partial charge in [-0.2, -0.15) is 4.98 Å². The summed E-state index contributed by atoms with van der Waals surface area (Å²) in [6.45, 7) is 8.48. The third kappa shape index (κ3) is 4.09. The Bertz CT molecular complexity index is 325. The van der Waals surface area contributed by atoms with Crippen LogP contribution in [-0.2, 0) is 11.2 Å². The molecular weight excluding hydrogens is 220 g/mol. The van der Waals surface area contributed by atoms with Gasteiger partial charge in [0.05, 0.1) is 12.5 Å². The molecule has 1 aromatic heterocycles. The van der Waals surface area contributed by atoms with Gasteiger partial charge in [-0.3, -0.25) is 0 Å². The zero-order valence-electron chi connectivity index (χ0n) is 11.0. The minimum Gasteiger partial charge on any atom is -0.392 e. The molecule has 5 nitrogen and oxygen atoms in total. The van der Waals surface area contributed by atoms with Crippen molar-refractivity contribution < 1.29 is 14.4 Å². The Morgan fingerprint density at radius 3 is 2.59 bits per heavy atom. The van der Waals surface area contributed by atoms with Crippen molar-refractivity contribution in [2.24, 2.45) is 5.92 Å². The van der Waals surface area contributed by atoms with Crippen LogP contribution in [0.5, 0.6) is 0 Å². The Balaban J connectivity index is 2.63. The van der Waals surface area contributed by atoms with E-state index in [4.69, 9.17) is 9.26 Å². The predicted molar refractivity (Wildman–Crippen MR) is 63.5 cm³/mol. The Morgan fingerprint density at radius 2 is 2.06 bits per heavy atom. The van der Waals surface area contributed by atoms with Crippen molar-refractivity contribution in [3.8, 4) is 0 Å². The number of rotatable bonds is 7. The van der Waals surface area contributed by atoms with Crippen LogP contribution in [0.2, 0.25) is 0 Å². The Labute approximate surface area is 102 Å². The van der Waals surface area contributed by atoms with Crippen molar-refractivity contribution in [3.63, 3.8) is 0 Å². The van der Waals surface area contributed by atoms with E-state index in [0.29, 0.717) is 24.7 Å². The molecule has 1 heterocycles. The number of aliphatic hydroxyl groups is 1. The molecule has 0 fully saturated rings. The van der Waals surface area contributed by atoms with E-state index in [1.54, 1.807) is 0 Å². The lowest BCUT2D eigenvalue weighted by molar-refractivity contribution is 0.0518. The lowest BCUT2D eigenvalue weighted by atomic mass is 10.0. The molecule has 2 unspecified atom stereocenters. The maximum absolute atomic E-state index is 9.73. The van der Waals surface area contributed by atoms with Gasteiger partial charge in [0.15, 0.2) is 0 Å². The largest absolute Gasteiger partial charge is 0.392 e. The third-order valence-corrected chi connectivity index (χ3v) is 2.66. The molecule has 0 saturated heterocycles. The molecule has 0 amide bonds. The van der Waals surface area contributed by atoms with Gasteiger partial charge in [0, 0.05) is 6.61 Å². The third-order valence-electron chi connectivity index (χ3n) is 2.66. The topological polar surface area (TPSA) is 68.4 Å². The van der Waals surface area contributed by atoms with E-state index in [1.165, 1.54) is 0 Å². The maximum Gasteiger partial charge on any atom is 0.229 e. The second-order valence-electron chi connectivity index (χ2n) is 4.41. The van der Waals surface area contributed by atoms with E-state index in [-0.39, 0.29) is 12.0 Å². The highest BCUT2D eigenvalue weighted by atomic mass is 16.5. The molecule has 0 aromatic carbocycles. The van der Waals surface area contributed by atoms with Gasteiger partial charge >= 0.3 is 0 Å². The normalized spacial score (nSPS) is 15.2. The second kappa shape index (κ2) is 6.71. The average molecular weight is 242 g/mol. The van der Waals surface area contributed by atoms with Crippen LogP contribution in [0.15, 0.2) is 4.52 Å². The second-order valence-corrected chi connectivity index (χ2v) is 4.41. The van der Waals surface area contributed by atoms with Crippen molar-refractivity contribution in [2.45, 2.75) is 52.7 Å². The molecule has 98 valence electrons. The first-order chi connectivity index (χ1) is 8.08. The minimum atomic E-state index is -0.449. The Kier molecular flexibility index (Phi) is 5.58. The standard InChI is InChI=1S/C12H22N2O3/c1-5-10(16-6-2)12-13-11(17-14-12)7-9(15)8(3)4/h8-10,15H,5-7H2,1-4H3. The van der Waals surface area contributed by atoms with Crippen molar-refractivity contribution >= 4 is 0 Å². The van der Waals surface area contributed by atoms with E-state index in [0.717, 1.165) is 6.42 Å². The number of hydrogen-bond acceptors (Lipinski definition) is 5. The van der Waals surface area contributed by atoms with Gasteiger partial charge in [-0.05, 0) is 19.3 Å². The van der Waals surface area contributed by atoms with Crippen LogP contribution in [0.1, 0.15) is 51.9 Å². The quantitative estimate of drug-likeness (QED) is 0.793. The summed E-state index contributed by atoms with van der Waals surface area (Å²) in [5, 5.41) is 13.6. The summed E-state index contributed by atoms with van der Waals surface area (Å²) < 4.78 is 10.6. The van der Waals surface area contributed by atoms with Crippen LogP contribution >= 0.6 is 0 Å². The Morgan fingerprint density at radius 1 is 1.35 bits per heavy atom. The van der Waals surface area contributed by atoms with Crippen molar-refractivity contribution in [1.82, 2.24) is 10.1 Å². The summed E-state index contributed by atoms with van der Waals surface area (Å²) >= 11 is 0. The highest BCUT2D eigenvalue weighted by molar-refractivity contribution is 4.92. The van der Waals surface area contributed by atoms with Crippen LogP contribution in [0.25, 0.3) is 0 Å². The highest BCUT2D eigenvalue weighted by Gasteiger charge is 2.19. The smallest absolute Gasteiger partial charge is 0.229 e. The summed E-state index contributed by atoms with van der Waals surface area (Å²) in [4.78, 5) is 4.26. The molecule has 0 aliphatic rings. The summed E-state index contributed by atoms with van der Waals surface area (Å²) in [6, 6.07) is 0. The van der Waals surface area contributed by atoms with Crippen LogP contribution < -0.4 is 0 Å². The van der Waals surface area contributed by atoms with E-state index in [9.17, 15) is 5.11 Å². The molecule has 1 N–H and O–H groups in total. The monoisotopic (exact) mass is 242 g/mol. The van der Waals surface area contributed by atoms with Gasteiger partial charge in [-0.15, -0.1) is 0 Å². The molecule has 5 heteroatoms. The summed E-state index contributed by atoms with van der Waals surface area (Å²) in [7, 11) is 0.